The highest BCUT2D eigenvalue weighted by molar-refractivity contribution is 5.76. The van der Waals surface area contributed by atoms with Gasteiger partial charge in [-0.2, -0.15) is 0 Å². The third kappa shape index (κ3) is 1.38. The summed E-state index contributed by atoms with van der Waals surface area (Å²) in [5.41, 5.74) is 2.10. The Balaban J connectivity index is 2.15. The van der Waals surface area contributed by atoms with Crippen LogP contribution in [0.3, 0.4) is 0 Å². The van der Waals surface area contributed by atoms with Crippen molar-refractivity contribution in [1.29, 1.82) is 5.41 Å². The number of aryl methyl sites for hydroxylation is 1. The van der Waals surface area contributed by atoms with Gasteiger partial charge in [0, 0.05) is 13.3 Å². The third-order valence-electron chi connectivity index (χ3n) is 3.60. The van der Waals surface area contributed by atoms with Crippen LogP contribution in [0.15, 0.2) is 30.4 Å². The molecule has 2 heterocycles. The number of hydrogen-bond acceptors (Lipinski definition) is 3. The molecule has 0 fully saturated rings. The molecule has 92 valence electrons. The van der Waals surface area contributed by atoms with E-state index in [0.717, 1.165) is 17.3 Å². The Kier molecular flexibility index (Phi) is 2.44. The van der Waals surface area contributed by atoms with E-state index in [-0.39, 0.29) is 0 Å². The second-order valence-corrected chi connectivity index (χ2v) is 4.64. The Bertz CT molecular complexity index is 577. The molecule has 1 aliphatic carbocycles. The molecule has 0 saturated carbocycles. The van der Waals surface area contributed by atoms with Crippen LogP contribution in [-0.4, -0.2) is 28.9 Å². The maximum absolute atomic E-state index is 7.12. The van der Waals surface area contributed by atoms with Crippen LogP contribution >= 0.6 is 0 Å². The number of imidazole rings is 1. The van der Waals surface area contributed by atoms with E-state index < -0.39 is 0 Å². The van der Waals surface area contributed by atoms with E-state index in [9.17, 15) is 0 Å². The lowest BCUT2D eigenvalue weighted by Crippen LogP contribution is -2.30. The molecule has 1 N–H and O–H groups in total. The molecule has 1 aromatic heterocycles. The maximum Gasteiger partial charge on any atom is 0.207 e. The number of nitrogens with one attached hydrogen (secondary N) is 1. The lowest BCUT2D eigenvalue weighted by Gasteiger charge is -2.23. The summed E-state index contributed by atoms with van der Waals surface area (Å²) in [6.07, 6.45) is 13.6. The van der Waals surface area contributed by atoms with Gasteiger partial charge in [0.1, 0.15) is 0 Å². The fourth-order valence-electron chi connectivity index (χ4n) is 2.74. The smallest absolute Gasteiger partial charge is 0.207 e. The van der Waals surface area contributed by atoms with E-state index in [4.69, 9.17) is 5.41 Å². The highest BCUT2D eigenvalue weighted by atomic mass is 15.4. The monoisotopic (exact) mass is 240 g/mol. The van der Waals surface area contributed by atoms with Crippen LogP contribution in [0.1, 0.15) is 17.4 Å². The molecule has 4 nitrogen and oxygen atoms in total. The number of allylic oxidation sites excluding steroid dienone is 3. The topological polar surface area (TPSA) is 44.9 Å². The molecule has 18 heavy (non-hydrogen) atoms. The number of hydrogen-bond donors (Lipinski definition) is 1. The molecular weight excluding hydrogens is 224 g/mol. The predicted molar refractivity (Wildman–Crippen MR) is 74.3 cm³/mol. The minimum Gasteiger partial charge on any atom is -0.336 e. The first kappa shape index (κ1) is 11.0. The summed E-state index contributed by atoms with van der Waals surface area (Å²) < 4.78 is 2.25. The van der Waals surface area contributed by atoms with Crippen LogP contribution in [-0.2, 0) is 0 Å². The van der Waals surface area contributed by atoms with Gasteiger partial charge in [-0.15, -0.1) is 0 Å². The van der Waals surface area contributed by atoms with E-state index in [0.29, 0.717) is 12.1 Å². The molecule has 2 atom stereocenters. The summed E-state index contributed by atoms with van der Waals surface area (Å²) in [5.74, 6) is 1.00. The molecule has 0 radical (unpaired) electrons. The molecule has 0 amide bonds. The van der Waals surface area contributed by atoms with Gasteiger partial charge in [-0.1, -0.05) is 24.3 Å². The van der Waals surface area contributed by atoms with Crippen molar-refractivity contribution in [1.82, 2.24) is 9.55 Å². The third-order valence-corrected chi connectivity index (χ3v) is 3.60. The maximum atomic E-state index is 7.12. The van der Waals surface area contributed by atoms with Crippen LogP contribution in [0, 0.1) is 12.3 Å². The number of fused-ring (bicyclic) bond motifs is 3. The van der Waals surface area contributed by atoms with Crippen LogP contribution < -0.4 is 4.90 Å². The summed E-state index contributed by atoms with van der Waals surface area (Å²) in [4.78, 5) is 6.85. The molecule has 3 rings (SSSR count). The Morgan fingerprint density at radius 1 is 1.28 bits per heavy atom. The zero-order chi connectivity index (χ0) is 12.7. The second-order valence-electron chi connectivity index (χ2n) is 4.64. The summed E-state index contributed by atoms with van der Waals surface area (Å²) in [6.45, 7) is 2.01. The van der Waals surface area contributed by atoms with Crippen molar-refractivity contribution in [2.75, 3.05) is 11.9 Å². The highest BCUT2D eigenvalue weighted by Crippen LogP contribution is 2.38. The van der Waals surface area contributed by atoms with Crippen LogP contribution in [0.25, 0.3) is 6.08 Å². The van der Waals surface area contributed by atoms with Crippen LogP contribution in [0.2, 0.25) is 0 Å². The van der Waals surface area contributed by atoms with Gasteiger partial charge in [0.05, 0.1) is 23.5 Å². The van der Waals surface area contributed by atoms with Gasteiger partial charge in [-0.05, 0) is 19.1 Å². The molecule has 4 heteroatoms. The van der Waals surface area contributed by atoms with Crippen molar-refractivity contribution in [3.8, 4) is 0 Å². The fraction of sp³-hybridized carbons (Fsp3) is 0.286. The fourth-order valence-corrected chi connectivity index (χ4v) is 2.74. The summed E-state index contributed by atoms with van der Waals surface area (Å²) in [7, 11) is 2.08. The summed E-state index contributed by atoms with van der Waals surface area (Å²) in [5, 5.41) is 7.12. The normalized spacial score (nSPS) is 24.7. The molecular formula is C14H16N4. The van der Waals surface area contributed by atoms with Crippen molar-refractivity contribution >= 4 is 18.2 Å². The van der Waals surface area contributed by atoms with E-state index in [2.05, 4.69) is 45.8 Å². The number of rotatable bonds is 2. The lowest BCUT2D eigenvalue weighted by atomic mass is 10.0. The lowest BCUT2D eigenvalue weighted by molar-refractivity contribution is 0.598. The molecule has 1 aliphatic heterocycles. The molecule has 2 aliphatic rings. The van der Waals surface area contributed by atoms with Gasteiger partial charge in [-0.3, -0.25) is 0 Å². The van der Waals surface area contributed by atoms with Crippen LogP contribution in [0.5, 0.6) is 0 Å². The Hall–Kier alpha value is -2.10. The van der Waals surface area contributed by atoms with Gasteiger partial charge >= 0.3 is 0 Å². The minimum absolute atomic E-state index is 0.307. The van der Waals surface area contributed by atoms with Crippen molar-refractivity contribution < 1.29 is 0 Å². The number of likely N-dealkylation sites (N-methyl/N-ethyl adjacent to an activating group) is 1. The first-order valence-corrected chi connectivity index (χ1v) is 6.08. The zero-order valence-electron chi connectivity index (χ0n) is 10.5. The molecule has 0 saturated heterocycles. The Morgan fingerprint density at radius 2 is 2.00 bits per heavy atom. The zero-order valence-corrected chi connectivity index (χ0v) is 10.5. The van der Waals surface area contributed by atoms with Gasteiger partial charge in [0.15, 0.2) is 0 Å². The average Bonchev–Trinajstić information content (AvgIpc) is 2.84. The number of aromatic nitrogens is 2. The second kappa shape index (κ2) is 3.98. The first-order valence-electron chi connectivity index (χ1n) is 6.08. The van der Waals surface area contributed by atoms with Gasteiger partial charge in [-0.25, -0.2) is 4.98 Å². The van der Waals surface area contributed by atoms with E-state index >= 15 is 0 Å². The molecule has 1 aromatic rings. The quantitative estimate of drug-likeness (QED) is 0.806. The average molecular weight is 240 g/mol. The molecule has 0 spiro atoms. The number of nitrogens with zero attached hydrogens (tertiary/aromatic N) is 3. The SMILES string of the molecule is Cc1nc2n(c1/C=C\C=N)C1C=CC=CC1N2C. The van der Waals surface area contributed by atoms with Crippen molar-refractivity contribution in [2.45, 2.75) is 19.0 Å². The van der Waals surface area contributed by atoms with Crippen molar-refractivity contribution in [3.05, 3.63) is 41.8 Å². The first-order chi connectivity index (χ1) is 8.74. The molecule has 0 bridgehead atoms. The van der Waals surface area contributed by atoms with Gasteiger partial charge in [0.25, 0.3) is 0 Å². The summed E-state index contributed by atoms with van der Waals surface area (Å²) >= 11 is 0. The standard InChI is InChI=1S/C14H16N4/c1-10-11(8-5-9-15)18-13-7-4-3-6-12(13)17(2)14(18)16-10/h3-9,12-13,15H,1-2H3/b8-5-,15-9?. The van der Waals surface area contributed by atoms with Crippen molar-refractivity contribution in [2.24, 2.45) is 0 Å². The van der Waals surface area contributed by atoms with Gasteiger partial charge in [0.2, 0.25) is 5.95 Å². The van der Waals surface area contributed by atoms with Crippen molar-refractivity contribution in [3.63, 3.8) is 0 Å². The number of anilines is 1. The summed E-state index contributed by atoms with van der Waals surface area (Å²) in [6, 6.07) is 0.659. The molecule has 2 unspecified atom stereocenters. The predicted octanol–water partition coefficient (Wildman–Crippen LogP) is 2.34. The van der Waals surface area contributed by atoms with Crippen LogP contribution in [0.4, 0.5) is 5.95 Å². The Morgan fingerprint density at radius 3 is 2.72 bits per heavy atom. The van der Waals surface area contributed by atoms with Gasteiger partial charge < -0.3 is 14.9 Å². The Labute approximate surface area is 106 Å². The minimum atomic E-state index is 0.307. The molecule has 0 aromatic carbocycles. The van der Waals surface area contributed by atoms with E-state index in [1.165, 1.54) is 6.21 Å². The highest BCUT2D eigenvalue weighted by Gasteiger charge is 2.37. The largest absolute Gasteiger partial charge is 0.336 e. The van der Waals surface area contributed by atoms with E-state index in [1.54, 1.807) is 6.08 Å². The van der Waals surface area contributed by atoms with E-state index in [1.807, 2.05) is 13.0 Å².